The maximum atomic E-state index is 13.5. The van der Waals surface area contributed by atoms with Crippen molar-refractivity contribution < 1.29 is 23.8 Å². The average molecular weight is 311 g/mol. The molecule has 0 amide bonds. The van der Waals surface area contributed by atoms with Crippen molar-refractivity contribution >= 4 is 11.7 Å². The smallest absolute Gasteiger partial charge is 0.306 e. The third kappa shape index (κ3) is 4.59. The Bertz CT molecular complexity index is 501. The number of methoxy groups -OCH3 is 1. The molecule has 6 heteroatoms. The minimum absolute atomic E-state index is 0.141. The lowest BCUT2D eigenvalue weighted by Crippen LogP contribution is -2.29. The Kier molecular flexibility index (Phi) is 6.00. The van der Waals surface area contributed by atoms with E-state index in [0.29, 0.717) is 37.5 Å². The Morgan fingerprint density at radius 3 is 2.68 bits per heavy atom. The normalized spacial score (nSPS) is 21.4. The van der Waals surface area contributed by atoms with Crippen molar-refractivity contribution in [2.75, 3.05) is 25.6 Å². The van der Waals surface area contributed by atoms with Gasteiger partial charge in [-0.05, 0) is 37.8 Å². The second-order valence-electron chi connectivity index (χ2n) is 5.51. The van der Waals surface area contributed by atoms with Crippen LogP contribution >= 0.6 is 0 Å². The number of hydrogen-bond acceptors (Lipinski definition) is 4. The molecule has 0 bridgehead atoms. The molecule has 2 N–H and O–H groups in total. The van der Waals surface area contributed by atoms with Gasteiger partial charge in [0.1, 0.15) is 18.2 Å². The first-order valence-corrected chi connectivity index (χ1v) is 7.50. The van der Waals surface area contributed by atoms with Crippen LogP contribution in [0.5, 0.6) is 5.75 Å². The fraction of sp³-hybridized carbons (Fsp3) is 0.562. The highest BCUT2D eigenvalue weighted by molar-refractivity contribution is 5.70. The maximum absolute atomic E-state index is 13.5. The van der Waals surface area contributed by atoms with Crippen molar-refractivity contribution in [3.63, 3.8) is 0 Å². The molecule has 0 spiro atoms. The van der Waals surface area contributed by atoms with E-state index in [0.717, 1.165) is 12.8 Å². The fourth-order valence-electron chi connectivity index (χ4n) is 2.68. The second-order valence-corrected chi connectivity index (χ2v) is 5.51. The van der Waals surface area contributed by atoms with E-state index < -0.39 is 5.97 Å². The van der Waals surface area contributed by atoms with Gasteiger partial charge in [0.05, 0.1) is 18.2 Å². The summed E-state index contributed by atoms with van der Waals surface area (Å²) in [6.07, 6.45) is 2.79. The van der Waals surface area contributed by atoms with Crippen molar-refractivity contribution in [2.45, 2.75) is 31.7 Å². The molecule has 5 nitrogen and oxygen atoms in total. The monoisotopic (exact) mass is 311 g/mol. The minimum atomic E-state index is -0.729. The third-order valence-corrected chi connectivity index (χ3v) is 3.92. The van der Waals surface area contributed by atoms with Gasteiger partial charge in [-0.25, -0.2) is 4.39 Å². The molecule has 1 aliphatic carbocycles. The highest BCUT2D eigenvalue weighted by Crippen LogP contribution is 2.31. The van der Waals surface area contributed by atoms with Gasteiger partial charge in [-0.1, -0.05) is 0 Å². The van der Waals surface area contributed by atoms with Crippen LogP contribution < -0.4 is 10.1 Å². The molecule has 0 atom stereocenters. The van der Waals surface area contributed by atoms with Gasteiger partial charge in [-0.3, -0.25) is 4.79 Å². The van der Waals surface area contributed by atoms with Crippen LogP contribution in [0.25, 0.3) is 0 Å². The van der Waals surface area contributed by atoms with E-state index in [2.05, 4.69) is 5.32 Å². The number of carboxylic acids is 1. The summed E-state index contributed by atoms with van der Waals surface area (Å²) in [5, 5.41) is 12.3. The number of benzene rings is 1. The molecule has 1 aromatic rings. The Balaban J connectivity index is 1.96. The predicted octanol–water partition coefficient (Wildman–Crippen LogP) is 2.91. The molecule has 0 heterocycles. The van der Waals surface area contributed by atoms with E-state index in [9.17, 15) is 9.18 Å². The average Bonchev–Trinajstić information content (AvgIpc) is 2.50. The lowest BCUT2D eigenvalue weighted by Gasteiger charge is -2.28. The van der Waals surface area contributed by atoms with E-state index in [-0.39, 0.29) is 17.8 Å². The van der Waals surface area contributed by atoms with E-state index in [4.69, 9.17) is 14.6 Å². The number of halogens is 1. The molecule has 0 aromatic heterocycles. The molecule has 0 unspecified atom stereocenters. The van der Waals surface area contributed by atoms with Gasteiger partial charge in [0.15, 0.2) is 0 Å². The quantitative estimate of drug-likeness (QED) is 0.758. The summed E-state index contributed by atoms with van der Waals surface area (Å²) in [6, 6.07) is 4.50. The first-order chi connectivity index (χ1) is 10.6. The molecule has 22 heavy (non-hydrogen) atoms. The number of carboxylic acid groups (broad SMARTS) is 1. The number of aliphatic carboxylic acids is 1. The van der Waals surface area contributed by atoms with Crippen LogP contribution in [-0.4, -0.2) is 37.4 Å². The van der Waals surface area contributed by atoms with Crippen molar-refractivity contribution in [3.8, 4) is 5.75 Å². The van der Waals surface area contributed by atoms with Gasteiger partial charge in [0.25, 0.3) is 0 Å². The zero-order chi connectivity index (χ0) is 15.9. The van der Waals surface area contributed by atoms with Crippen LogP contribution in [0.2, 0.25) is 0 Å². The molecule has 1 saturated carbocycles. The number of nitrogens with one attached hydrogen (secondary N) is 1. The molecule has 0 radical (unpaired) electrons. The minimum Gasteiger partial charge on any atom is -0.489 e. The molecule has 0 saturated heterocycles. The van der Waals surface area contributed by atoms with Crippen LogP contribution in [0.4, 0.5) is 10.1 Å². The lowest BCUT2D eigenvalue weighted by atomic mass is 9.86. The molecular weight excluding hydrogens is 289 g/mol. The molecule has 1 aliphatic rings. The highest BCUT2D eigenvalue weighted by Gasteiger charge is 2.26. The van der Waals surface area contributed by atoms with Gasteiger partial charge in [0.2, 0.25) is 0 Å². The van der Waals surface area contributed by atoms with Crippen molar-refractivity contribution in [3.05, 3.63) is 24.0 Å². The largest absolute Gasteiger partial charge is 0.489 e. The van der Waals surface area contributed by atoms with Gasteiger partial charge in [-0.15, -0.1) is 0 Å². The molecule has 1 fully saturated rings. The third-order valence-electron chi connectivity index (χ3n) is 3.92. The molecule has 2 rings (SSSR count). The van der Waals surface area contributed by atoms with Gasteiger partial charge in [-0.2, -0.15) is 0 Å². The van der Waals surface area contributed by atoms with Crippen LogP contribution in [0.1, 0.15) is 25.7 Å². The SMILES string of the molecule is COCCOc1ccc(F)cc1NC1CCC(C(=O)O)CC1. The lowest BCUT2D eigenvalue weighted by molar-refractivity contribution is -0.142. The summed E-state index contributed by atoms with van der Waals surface area (Å²) in [6.45, 7) is 0.850. The molecular formula is C16H22FNO4. The Morgan fingerprint density at radius 2 is 2.05 bits per heavy atom. The predicted molar refractivity (Wildman–Crippen MR) is 80.8 cm³/mol. The molecule has 1 aromatic carbocycles. The standard InChI is InChI=1S/C16H22FNO4/c1-21-8-9-22-15-7-4-12(17)10-14(15)18-13-5-2-11(3-6-13)16(19)20/h4,7,10-11,13,18H,2-3,5-6,8-9H2,1H3,(H,19,20). The number of hydrogen-bond donors (Lipinski definition) is 2. The first kappa shape index (κ1) is 16.5. The van der Waals surface area contributed by atoms with Crippen LogP contribution in [0.15, 0.2) is 18.2 Å². The highest BCUT2D eigenvalue weighted by atomic mass is 19.1. The van der Waals surface area contributed by atoms with Crippen LogP contribution in [-0.2, 0) is 9.53 Å². The fourth-order valence-corrected chi connectivity index (χ4v) is 2.68. The van der Waals surface area contributed by atoms with Crippen molar-refractivity contribution in [2.24, 2.45) is 5.92 Å². The Hall–Kier alpha value is -1.82. The summed E-state index contributed by atoms with van der Waals surface area (Å²) in [4.78, 5) is 11.0. The van der Waals surface area contributed by atoms with E-state index >= 15 is 0 Å². The number of ether oxygens (including phenoxy) is 2. The zero-order valence-corrected chi connectivity index (χ0v) is 12.7. The summed E-state index contributed by atoms with van der Waals surface area (Å²) >= 11 is 0. The second kappa shape index (κ2) is 7.98. The summed E-state index contributed by atoms with van der Waals surface area (Å²) in [5.41, 5.74) is 0.606. The summed E-state index contributed by atoms with van der Waals surface area (Å²) < 4.78 is 24.0. The van der Waals surface area contributed by atoms with E-state index in [1.54, 1.807) is 13.2 Å². The topological polar surface area (TPSA) is 67.8 Å². The first-order valence-electron chi connectivity index (χ1n) is 7.50. The van der Waals surface area contributed by atoms with Crippen molar-refractivity contribution in [1.29, 1.82) is 0 Å². The number of carbonyl (C=O) groups is 1. The van der Waals surface area contributed by atoms with Crippen molar-refractivity contribution in [1.82, 2.24) is 0 Å². The van der Waals surface area contributed by atoms with Crippen LogP contribution in [0.3, 0.4) is 0 Å². The number of anilines is 1. The van der Waals surface area contributed by atoms with Gasteiger partial charge >= 0.3 is 5.97 Å². The molecule has 122 valence electrons. The molecule has 0 aliphatic heterocycles. The van der Waals surface area contributed by atoms with Gasteiger partial charge < -0.3 is 19.9 Å². The van der Waals surface area contributed by atoms with E-state index in [1.165, 1.54) is 12.1 Å². The van der Waals surface area contributed by atoms with Gasteiger partial charge in [0, 0.05) is 19.2 Å². The summed E-state index contributed by atoms with van der Waals surface area (Å²) in [5.74, 6) is -0.740. The maximum Gasteiger partial charge on any atom is 0.306 e. The van der Waals surface area contributed by atoms with E-state index in [1.807, 2.05) is 0 Å². The zero-order valence-electron chi connectivity index (χ0n) is 12.7. The Morgan fingerprint density at radius 1 is 1.32 bits per heavy atom. The van der Waals surface area contributed by atoms with Crippen LogP contribution in [0, 0.1) is 11.7 Å². The summed E-state index contributed by atoms with van der Waals surface area (Å²) in [7, 11) is 1.59. The Labute approximate surface area is 129 Å². The number of rotatable bonds is 7.